The van der Waals surface area contributed by atoms with Gasteiger partial charge >= 0.3 is 5.63 Å². The van der Waals surface area contributed by atoms with E-state index >= 15 is 0 Å². The highest BCUT2D eigenvalue weighted by Gasteiger charge is 2.17. The van der Waals surface area contributed by atoms with Crippen molar-refractivity contribution in [1.82, 2.24) is 0 Å². The monoisotopic (exact) mass is 321 g/mol. The molecule has 2 aromatic rings. The van der Waals surface area contributed by atoms with Crippen LogP contribution in [0.1, 0.15) is 27.2 Å². The summed E-state index contributed by atoms with van der Waals surface area (Å²) in [5.41, 5.74) is 0.726. The third-order valence-electron chi connectivity index (χ3n) is 3.19. The Balaban J connectivity index is 2.31. The van der Waals surface area contributed by atoms with E-state index in [1.165, 1.54) is 25.3 Å². The number of carbonyl (C=O) groups is 1. The molecule has 0 spiro atoms. The second kappa shape index (κ2) is 7.75. The van der Waals surface area contributed by atoms with Crippen molar-refractivity contribution in [3.8, 4) is 11.8 Å². The molecule has 120 valence electrons. The zero-order chi connectivity index (χ0) is 17.5. The van der Waals surface area contributed by atoms with Gasteiger partial charge in [-0.25, -0.2) is 4.79 Å². The average molecular weight is 321 g/mol. The molecule has 5 heteroatoms. The standard InChI is InChI=1S/C19H15NO4/c1-13-11-17(23-2)18(19(22)24-13)16(21)9-8-15-6-3-5-14(12-15)7-4-10-20/h3-9,11-12H,1-2H3. The third-order valence-corrected chi connectivity index (χ3v) is 3.19. The highest BCUT2D eigenvalue weighted by Crippen LogP contribution is 2.18. The minimum atomic E-state index is -0.729. The Morgan fingerprint density at radius 3 is 2.62 bits per heavy atom. The van der Waals surface area contributed by atoms with Gasteiger partial charge in [-0.05, 0) is 36.3 Å². The number of ketones is 1. The van der Waals surface area contributed by atoms with E-state index < -0.39 is 11.4 Å². The van der Waals surface area contributed by atoms with E-state index in [-0.39, 0.29) is 11.3 Å². The molecule has 0 saturated heterocycles. The van der Waals surface area contributed by atoms with Gasteiger partial charge in [0.1, 0.15) is 17.1 Å². The third kappa shape index (κ3) is 4.08. The minimum Gasteiger partial charge on any atom is -0.496 e. The lowest BCUT2D eigenvalue weighted by atomic mass is 10.1. The number of allylic oxidation sites excluding steroid dienone is 2. The van der Waals surface area contributed by atoms with E-state index in [4.69, 9.17) is 14.4 Å². The van der Waals surface area contributed by atoms with Crippen molar-refractivity contribution in [2.75, 3.05) is 7.11 Å². The molecule has 0 amide bonds. The molecular weight excluding hydrogens is 306 g/mol. The number of benzene rings is 1. The van der Waals surface area contributed by atoms with Gasteiger partial charge in [0, 0.05) is 12.1 Å². The topological polar surface area (TPSA) is 80.3 Å². The number of carbonyl (C=O) groups excluding carboxylic acids is 1. The number of nitrogens with zero attached hydrogens (tertiary/aromatic N) is 1. The van der Waals surface area contributed by atoms with Crippen LogP contribution in [0.2, 0.25) is 0 Å². The molecule has 0 aliphatic heterocycles. The van der Waals surface area contributed by atoms with Crippen molar-refractivity contribution in [3.05, 3.63) is 75.4 Å². The quantitative estimate of drug-likeness (QED) is 0.479. The second-order valence-corrected chi connectivity index (χ2v) is 4.92. The van der Waals surface area contributed by atoms with Crippen LogP contribution in [0.3, 0.4) is 0 Å². The molecule has 0 saturated carbocycles. The van der Waals surface area contributed by atoms with Gasteiger partial charge in [0.25, 0.3) is 0 Å². The Morgan fingerprint density at radius 2 is 1.96 bits per heavy atom. The van der Waals surface area contributed by atoms with Gasteiger partial charge < -0.3 is 9.15 Å². The van der Waals surface area contributed by atoms with Crippen molar-refractivity contribution < 1.29 is 13.9 Å². The molecule has 1 aromatic carbocycles. The fourth-order valence-electron chi connectivity index (χ4n) is 2.12. The molecule has 0 aliphatic rings. The summed E-state index contributed by atoms with van der Waals surface area (Å²) in [6, 6.07) is 10.7. The molecule has 0 atom stereocenters. The van der Waals surface area contributed by atoms with Crippen molar-refractivity contribution in [2.24, 2.45) is 0 Å². The summed E-state index contributed by atoms with van der Waals surface area (Å²) in [6.45, 7) is 1.61. The van der Waals surface area contributed by atoms with Crippen LogP contribution in [-0.4, -0.2) is 12.9 Å². The predicted molar refractivity (Wildman–Crippen MR) is 90.7 cm³/mol. The van der Waals surface area contributed by atoms with E-state index in [0.717, 1.165) is 11.1 Å². The summed E-state index contributed by atoms with van der Waals surface area (Å²) in [6.07, 6.45) is 5.91. The van der Waals surface area contributed by atoms with Gasteiger partial charge in [-0.1, -0.05) is 24.3 Å². The number of methoxy groups -OCH3 is 1. The molecular formula is C19H15NO4. The van der Waals surface area contributed by atoms with E-state index in [9.17, 15) is 9.59 Å². The molecule has 5 nitrogen and oxygen atoms in total. The zero-order valence-corrected chi connectivity index (χ0v) is 13.3. The van der Waals surface area contributed by atoms with Crippen molar-refractivity contribution in [1.29, 1.82) is 5.26 Å². The van der Waals surface area contributed by atoms with Crippen LogP contribution in [0.4, 0.5) is 0 Å². The van der Waals surface area contributed by atoms with Gasteiger partial charge in [0.05, 0.1) is 13.2 Å². The Hall–Kier alpha value is -3.39. The predicted octanol–water partition coefficient (Wildman–Crippen LogP) is 3.39. The maximum Gasteiger partial charge on any atom is 0.351 e. The average Bonchev–Trinajstić information content (AvgIpc) is 2.57. The lowest BCUT2D eigenvalue weighted by molar-refractivity contribution is 0.104. The molecule has 0 radical (unpaired) electrons. The number of rotatable bonds is 5. The Kier molecular flexibility index (Phi) is 5.48. The molecule has 0 unspecified atom stereocenters. The fourth-order valence-corrected chi connectivity index (χ4v) is 2.12. The summed E-state index contributed by atoms with van der Waals surface area (Å²) in [7, 11) is 1.39. The van der Waals surface area contributed by atoms with Gasteiger partial charge in [0.15, 0.2) is 5.78 Å². The minimum absolute atomic E-state index is 0.139. The van der Waals surface area contributed by atoms with Gasteiger partial charge in [-0.2, -0.15) is 5.26 Å². The van der Waals surface area contributed by atoms with Crippen molar-refractivity contribution in [3.63, 3.8) is 0 Å². The smallest absolute Gasteiger partial charge is 0.351 e. The highest BCUT2D eigenvalue weighted by molar-refractivity contribution is 6.08. The summed E-state index contributed by atoms with van der Waals surface area (Å²) < 4.78 is 10.0. The number of nitriles is 1. The molecule has 1 aromatic heterocycles. The first kappa shape index (κ1) is 17.0. The highest BCUT2D eigenvalue weighted by atomic mass is 16.5. The molecule has 2 rings (SSSR count). The molecule has 24 heavy (non-hydrogen) atoms. The summed E-state index contributed by atoms with van der Waals surface area (Å²) in [5, 5.41) is 8.55. The van der Waals surface area contributed by atoms with Crippen molar-refractivity contribution in [2.45, 2.75) is 6.92 Å². The lowest BCUT2D eigenvalue weighted by Gasteiger charge is -2.04. The Bertz CT molecular complexity index is 914. The van der Waals surface area contributed by atoms with Crippen LogP contribution in [-0.2, 0) is 0 Å². The van der Waals surface area contributed by atoms with Gasteiger partial charge in [0.2, 0.25) is 0 Å². The normalized spacial score (nSPS) is 10.9. The maximum absolute atomic E-state index is 12.3. The van der Waals surface area contributed by atoms with Crippen LogP contribution in [0.5, 0.6) is 5.75 Å². The number of aryl methyl sites for hydroxylation is 1. The van der Waals surface area contributed by atoms with Crippen molar-refractivity contribution >= 4 is 17.9 Å². The molecule has 0 aliphatic carbocycles. The number of hydrogen-bond acceptors (Lipinski definition) is 5. The molecule has 0 N–H and O–H groups in total. The summed E-state index contributed by atoms with van der Waals surface area (Å²) in [5.74, 6) is 0.0528. The first-order valence-electron chi connectivity index (χ1n) is 7.12. The fraction of sp³-hybridized carbons (Fsp3) is 0.105. The van der Waals surface area contributed by atoms with E-state index in [1.807, 2.05) is 30.3 Å². The Morgan fingerprint density at radius 1 is 1.25 bits per heavy atom. The summed E-state index contributed by atoms with van der Waals surface area (Å²) in [4.78, 5) is 24.2. The van der Waals surface area contributed by atoms with Gasteiger partial charge in [-0.15, -0.1) is 0 Å². The number of hydrogen-bond donors (Lipinski definition) is 0. The SMILES string of the molecule is COc1cc(C)oc(=O)c1C(=O)C=Cc1cccc(C=CC#N)c1. The first-order chi connectivity index (χ1) is 11.5. The van der Waals surface area contributed by atoms with Crippen LogP contribution in [0.15, 0.2) is 51.7 Å². The molecule has 0 bridgehead atoms. The van der Waals surface area contributed by atoms with E-state index in [1.54, 1.807) is 19.1 Å². The van der Waals surface area contributed by atoms with Crippen LogP contribution >= 0.6 is 0 Å². The van der Waals surface area contributed by atoms with Crippen LogP contribution in [0.25, 0.3) is 12.2 Å². The van der Waals surface area contributed by atoms with Gasteiger partial charge in [-0.3, -0.25) is 4.79 Å². The number of ether oxygens (including phenoxy) is 1. The van der Waals surface area contributed by atoms with E-state index in [2.05, 4.69) is 0 Å². The largest absolute Gasteiger partial charge is 0.496 e. The first-order valence-corrected chi connectivity index (χ1v) is 7.12. The van der Waals surface area contributed by atoms with Crippen LogP contribution < -0.4 is 10.4 Å². The second-order valence-electron chi connectivity index (χ2n) is 4.92. The molecule has 1 heterocycles. The zero-order valence-electron chi connectivity index (χ0n) is 13.3. The molecule has 0 fully saturated rings. The summed E-state index contributed by atoms with van der Waals surface area (Å²) >= 11 is 0. The maximum atomic E-state index is 12.3. The van der Waals surface area contributed by atoms with Crippen LogP contribution in [0, 0.1) is 18.3 Å². The lowest BCUT2D eigenvalue weighted by Crippen LogP contribution is -2.14. The van der Waals surface area contributed by atoms with E-state index in [0.29, 0.717) is 5.76 Å². The Labute approximate surface area is 139 Å².